The lowest BCUT2D eigenvalue weighted by molar-refractivity contribution is -0.123. The van der Waals surface area contributed by atoms with Crippen molar-refractivity contribution in [1.82, 2.24) is 9.99 Å². The van der Waals surface area contributed by atoms with E-state index in [9.17, 15) is 4.79 Å². The van der Waals surface area contributed by atoms with E-state index >= 15 is 0 Å². The van der Waals surface area contributed by atoms with Crippen molar-refractivity contribution in [3.63, 3.8) is 0 Å². The van der Waals surface area contributed by atoms with Crippen molar-refractivity contribution in [3.05, 3.63) is 52.8 Å². The van der Waals surface area contributed by atoms with Crippen molar-refractivity contribution in [1.29, 1.82) is 0 Å². The molecule has 0 saturated carbocycles. The van der Waals surface area contributed by atoms with E-state index < -0.39 is 0 Å². The Hall–Kier alpha value is -1.86. The van der Waals surface area contributed by atoms with Crippen LogP contribution in [-0.2, 0) is 11.3 Å². The fourth-order valence-electron chi connectivity index (χ4n) is 3.07. The van der Waals surface area contributed by atoms with Gasteiger partial charge in [-0.05, 0) is 44.5 Å². The molecule has 1 N–H and O–H groups in total. The van der Waals surface area contributed by atoms with Crippen molar-refractivity contribution in [2.75, 3.05) is 18.1 Å². The Morgan fingerprint density at radius 3 is 2.63 bits per heavy atom. The molecular formula is C20H25N3O2S2. The van der Waals surface area contributed by atoms with Gasteiger partial charge in [0.05, 0.1) is 10.8 Å². The number of nitrogens with one attached hydrogen (secondary N) is 1. The fourth-order valence-corrected chi connectivity index (χ4v) is 5.93. The molecule has 1 fully saturated rings. The number of rotatable bonds is 7. The van der Waals surface area contributed by atoms with Crippen molar-refractivity contribution in [2.24, 2.45) is 5.10 Å². The number of carbonyl (C=O) groups is 1. The zero-order valence-electron chi connectivity index (χ0n) is 15.9. The van der Waals surface area contributed by atoms with Crippen molar-refractivity contribution < 1.29 is 9.53 Å². The highest BCUT2D eigenvalue weighted by Gasteiger charge is 2.18. The number of aromatic nitrogens is 1. The number of aryl methyl sites for hydroxylation is 1. The van der Waals surface area contributed by atoms with Crippen LogP contribution in [0.1, 0.15) is 34.0 Å². The van der Waals surface area contributed by atoms with Gasteiger partial charge in [0.15, 0.2) is 6.61 Å². The Kier molecular flexibility index (Phi) is 6.90. The maximum absolute atomic E-state index is 11.9. The third-order valence-corrected chi connectivity index (χ3v) is 7.57. The second-order valence-electron chi connectivity index (χ2n) is 6.30. The summed E-state index contributed by atoms with van der Waals surface area (Å²) >= 11 is 3.94. The highest BCUT2D eigenvalue weighted by atomic mass is 32.2. The number of amides is 1. The topological polar surface area (TPSA) is 55.6 Å². The molecule has 1 saturated heterocycles. The molecule has 1 aromatic carbocycles. The summed E-state index contributed by atoms with van der Waals surface area (Å²) in [5, 5.41) is 4.05. The molecule has 3 rings (SSSR count). The number of carbonyl (C=O) groups excluding carboxylic acids is 1. The molecule has 1 amide bonds. The Balaban J connectivity index is 1.47. The van der Waals surface area contributed by atoms with Crippen LogP contribution in [0.3, 0.4) is 0 Å². The second kappa shape index (κ2) is 9.37. The quantitative estimate of drug-likeness (QED) is 0.558. The van der Waals surface area contributed by atoms with Crippen LogP contribution in [0, 0.1) is 13.8 Å². The lowest BCUT2D eigenvalue weighted by atomic mass is 10.2. The van der Waals surface area contributed by atoms with E-state index in [2.05, 4.69) is 54.1 Å². The standard InChI is InChI=1S/C20H25N3O2S2/c1-4-23-14(2)11-17(15(23)3)12-21-22-19(24)13-25-18-7-5-16(6-8-18)20-26-9-10-27-20/h5-8,11-12,20H,4,9-10,13H2,1-3H3,(H,22,24)/b21-12-. The van der Waals surface area contributed by atoms with Gasteiger partial charge in [0.25, 0.3) is 5.91 Å². The van der Waals surface area contributed by atoms with E-state index in [4.69, 9.17) is 4.74 Å². The summed E-state index contributed by atoms with van der Waals surface area (Å²) in [6.07, 6.45) is 1.68. The first kappa shape index (κ1) is 19.9. The van der Waals surface area contributed by atoms with E-state index in [-0.39, 0.29) is 12.5 Å². The molecule has 144 valence electrons. The van der Waals surface area contributed by atoms with Crippen molar-refractivity contribution in [3.8, 4) is 5.75 Å². The molecular weight excluding hydrogens is 378 g/mol. The lowest BCUT2D eigenvalue weighted by Crippen LogP contribution is -2.24. The van der Waals surface area contributed by atoms with E-state index in [1.165, 1.54) is 22.8 Å². The van der Waals surface area contributed by atoms with Crippen LogP contribution in [-0.4, -0.2) is 34.8 Å². The molecule has 1 aromatic heterocycles. The zero-order chi connectivity index (χ0) is 19.2. The zero-order valence-corrected chi connectivity index (χ0v) is 17.5. The summed E-state index contributed by atoms with van der Waals surface area (Å²) in [6, 6.07) is 10.1. The maximum Gasteiger partial charge on any atom is 0.277 e. The number of ether oxygens (including phenoxy) is 1. The van der Waals surface area contributed by atoms with Gasteiger partial charge in [-0.3, -0.25) is 4.79 Å². The molecule has 0 atom stereocenters. The monoisotopic (exact) mass is 403 g/mol. The summed E-state index contributed by atoms with van der Waals surface area (Å²) in [5.74, 6) is 2.83. The Morgan fingerprint density at radius 1 is 1.30 bits per heavy atom. The molecule has 0 spiro atoms. The van der Waals surface area contributed by atoms with Crippen molar-refractivity contribution in [2.45, 2.75) is 31.9 Å². The molecule has 0 radical (unpaired) electrons. The Labute approximate surface area is 168 Å². The average molecular weight is 404 g/mol. The predicted molar refractivity (Wildman–Crippen MR) is 115 cm³/mol. The van der Waals surface area contributed by atoms with Crippen LogP contribution in [0.15, 0.2) is 35.4 Å². The van der Waals surface area contributed by atoms with E-state index in [0.29, 0.717) is 10.3 Å². The summed E-state index contributed by atoms with van der Waals surface area (Å²) in [6.45, 7) is 7.09. The number of hydrazone groups is 1. The minimum Gasteiger partial charge on any atom is -0.484 e. The molecule has 5 nitrogen and oxygen atoms in total. The summed E-state index contributed by atoms with van der Waals surface area (Å²) < 4.78 is 8.28. The third kappa shape index (κ3) is 5.11. The molecule has 2 aromatic rings. The van der Waals surface area contributed by atoms with Gasteiger partial charge in [0.2, 0.25) is 0 Å². The summed E-state index contributed by atoms with van der Waals surface area (Å²) in [4.78, 5) is 11.9. The first-order chi connectivity index (χ1) is 13.1. The van der Waals surface area contributed by atoms with Gasteiger partial charge in [-0.25, -0.2) is 5.43 Å². The molecule has 1 aliphatic heterocycles. The normalized spacial score (nSPS) is 14.8. The predicted octanol–water partition coefficient (Wildman–Crippen LogP) is 4.13. The Bertz CT molecular complexity index is 809. The van der Waals surface area contributed by atoms with Crippen LogP contribution in [0.2, 0.25) is 0 Å². The van der Waals surface area contributed by atoms with Crippen molar-refractivity contribution >= 4 is 35.6 Å². The number of benzene rings is 1. The van der Waals surface area contributed by atoms with Crippen LogP contribution < -0.4 is 10.2 Å². The minimum atomic E-state index is -0.276. The summed E-state index contributed by atoms with van der Waals surface area (Å²) in [7, 11) is 0. The molecule has 1 aliphatic rings. The van der Waals surface area contributed by atoms with Gasteiger partial charge < -0.3 is 9.30 Å². The number of nitrogens with zero attached hydrogens (tertiary/aromatic N) is 2. The molecule has 2 heterocycles. The molecule has 27 heavy (non-hydrogen) atoms. The van der Waals surface area contributed by atoms with E-state index in [1.54, 1.807) is 6.21 Å². The largest absolute Gasteiger partial charge is 0.484 e. The van der Waals surface area contributed by atoms with Gasteiger partial charge in [-0.15, -0.1) is 23.5 Å². The number of thioether (sulfide) groups is 2. The van der Waals surface area contributed by atoms with Gasteiger partial charge in [-0.1, -0.05) is 12.1 Å². The smallest absolute Gasteiger partial charge is 0.277 e. The van der Waals surface area contributed by atoms with Crippen LogP contribution in [0.5, 0.6) is 5.75 Å². The fraction of sp³-hybridized carbons (Fsp3) is 0.400. The highest BCUT2D eigenvalue weighted by molar-refractivity contribution is 8.19. The van der Waals surface area contributed by atoms with Gasteiger partial charge in [-0.2, -0.15) is 5.10 Å². The van der Waals surface area contributed by atoms with Crippen LogP contribution in [0.25, 0.3) is 0 Å². The first-order valence-electron chi connectivity index (χ1n) is 9.03. The summed E-state index contributed by atoms with van der Waals surface area (Å²) in [5.41, 5.74) is 7.15. The van der Waals surface area contributed by atoms with Crippen LogP contribution in [0.4, 0.5) is 0 Å². The highest BCUT2D eigenvalue weighted by Crippen LogP contribution is 2.45. The van der Waals surface area contributed by atoms with Gasteiger partial charge in [0.1, 0.15) is 5.75 Å². The SMILES string of the molecule is CCn1c(C)cc(/C=N\NC(=O)COc2ccc(C3SCCS3)cc2)c1C. The van der Waals surface area contributed by atoms with Crippen LogP contribution >= 0.6 is 23.5 Å². The van der Waals surface area contributed by atoms with Gasteiger partial charge in [0, 0.05) is 35.0 Å². The second-order valence-corrected chi connectivity index (χ2v) is 9.02. The molecule has 0 unspecified atom stereocenters. The minimum absolute atomic E-state index is 0.0579. The number of hydrogen-bond acceptors (Lipinski definition) is 5. The molecule has 0 aliphatic carbocycles. The lowest BCUT2D eigenvalue weighted by Gasteiger charge is -2.10. The molecule has 0 bridgehead atoms. The Morgan fingerprint density at radius 2 is 2.00 bits per heavy atom. The van der Waals surface area contributed by atoms with E-state index in [0.717, 1.165) is 17.8 Å². The molecule has 7 heteroatoms. The average Bonchev–Trinajstić information content (AvgIpc) is 3.29. The third-order valence-electron chi connectivity index (χ3n) is 4.47. The maximum atomic E-state index is 11.9. The number of hydrogen-bond donors (Lipinski definition) is 1. The van der Waals surface area contributed by atoms with E-state index in [1.807, 2.05) is 35.7 Å². The van der Waals surface area contributed by atoms with Gasteiger partial charge >= 0.3 is 0 Å². The first-order valence-corrected chi connectivity index (χ1v) is 11.1.